The van der Waals surface area contributed by atoms with Crippen LogP contribution in [0.1, 0.15) is 75.8 Å². The van der Waals surface area contributed by atoms with E-state index in [2.05, 4.69) is 67.6 Å². The van der Waals surface area contributed by atoms with E-state index in [0.717, 1.165) is 45.7 Å². The molecule has 0 fully saturated rings. The van der Waals surface area contributed by atoms with E-state index in [4.69, 9.17) is 9.47 Å². The lowest BCUT2D eigenvalue weighted by atomic mass is 9.93. The van der Waals surface area contributed by atoms with Crippen LogP contribution in [0.2, 0.25) is 0 Å². The minimum absolute atomic E-state index is 0.503. The minimum atomic E-state index is 0.503. The fourth-order valence-electron chi connectivity index (χ4n) is 4.04. The number of hydrogen-bond acceptors (Lipinski definition) is 2. The van der Waals surface area contributed by atoms with Gasteiger partial charge in [0.25, 0.3) is 0 Å². The van der Waals surface area contributed by atoms with Gasteiger partial charge < -0.3 is 9.47 Å². The quantitative estimate of drug-likeness (QED) is 0.216. The van der Waals surface area contributed by atoms with Crippen LogP contribution in [0.4, 0.5) is 0 Å². The highest BCUT2D eigenvalue weighted by molar-refractivity contribution is 5.18. The van der Waals surface area contributed by atoms with Crippen LogP contribution in [0.25, 0.3) is 0 Å². The van der Waals surface area contributed by atoms with E-state index in [1.165, 1.54) is 62.5 Å². The molecule has 0 aliphatic heterocycles. The highest BCUT2D eigenvalue weighted by atomic mass is 16.5. The Balaban J connectivity index is 1.52. The standard InChI is InChI=1S/C29H44O2/c1-2-3-4-5-6-7-8-15-21-30-22-16-23-31-26-29(24-27-17-11-9-12-18-27)25-28-19-13-10-14-20-28/h9-14,17-20,29H,2-8,15-16,21-26H2,1H3. The van der Waals surface area contributed by atoms with Gasteiger partial charge in [0.05, 0.1) is 6.61 Å². The summed E-state index contributed by atoms with van der Waals surface area (Å²) in [5.74, 6) is 0.503. The summed E-state index contributed by atoms with van der Waals surface area (Å²) in [4.78, 5) is 0. The van der Waals surface area contributed by atoms with Crippen LogP contribution >= 0.6 is 0 Å². The lowest BCUT2D eigenvalue weighted by Crippen LogP contribution is -2.16. The van der Waals surface area contributed by atoms with Crippen LogP contribution in [0.5, 0.6) is 0 Å². The first-order valence-electron chi connectivity index (χ1n) is 12.6. The van der Waals surface area contributed by atoms with Crippen LogP contribution in [0.3, 0.4) is 0 Å². The molecule has 0 bridgehead atoms. The Bertz CT molecular complexity index is 584. The van der Waals surface area contributed by atoms with E-state index in [-0.39, 0.29) is 0 Å². The van der Waals surface area contributed by atoms with Gasteiger partial charge in [0.2, 0.25) is 0 Å². The summed E-state index contributed by atoms with van der Waals surface area (Å²) in [7, 11) is 0. The van der Waals surface area contributed by atoms with Crippen LogP contribution < -0.4 is 0 Å². The van der Waals surface area contributed by atoms with Crippen molar-refractivity contribution in [3.8, 4) is 0 Å². The number of ether oxygens (including phenoxy) is 2. The maximum Gasteiger partial charge on any atom is 0.0500 e. The SMILES string of the molecule is CCCCCCCCCCOCCCOCC(Cc1ccccc1)Cc1ccccc1. The molecule has 0 aliphatic carbocycles. The maximum atomic E-state index is 6.05. The molecule has 0 saturated carbocycles. The molecule has 2 aromatic carbocycles. The molecule has 0 amide bonds. The van der Waals surface area contributed by atoms with Gasteiger partial charge in [0.15, 0.2) is 0 Å². The fourth-order valence-corrected chi connectivity index (χ4v) is 4.04. The molecule has 0 N–H and O–H groups in total. The van der Waals surface area contributed by atoms with Gasteiger partial charge >= 0.3 is 0 Å². The van der Waals surface area contributed by atoms with Gasteiger partial charge in [-0.1, -0.05) is 113 Å². The fraction of sp³-hybridized carbons (Fsp3) is 0.586. The first kappa shape index (κ1) is 25.6. The Labute approximate surface area is 191 Å². The van der Waals surface area contributed by atoms with E-state index in [0.29, 0.717) is 5.92 Å². The molecule has 0 heterocycles. The zero-order valence-electron chi connectivity index (χ0n) is 19.8. The Hall–Kier alpha value is -1.64. The van der Waals surface area contributed by atoms with Crippen molar-refractivity contribution in [1.29, 1.82) is 0 Å². The Morgan fingerprint density at radius 2 is 1.03 bits per heavy atom. The summed E-state index contributed by atoms with van der Waals surface area (Å²) in [6.07, 6.45) is 13.9. The van der Waals surface area contributed by atoms with E-state index < -0.39 is 0 Å². The summed E-state index contributed by atoms with van der Waals surface area (Å²) in [6.45, 7) is 5.59. The van der Waals surface area contributed by atoms with Crippen molar-refractivity contribution in [1.82, 2.24) is 0 Å². The molecule has 2 nitrogen and oxygen atoms in total. The largest absolute Gasteiger partial charge is 0.381 e. The van der Waals surface area contributed by atoms with Crippen molar-refractivity contribution in [3.05, 3.63) is 71.8 Å². The average Bonchev–Trinajstić information content (AvgIpc) is 2.80. The van der Waals surface area contributed by atoms with Gasteiger partial charge in [-0.2, -0.15) is 0 Å². The van der Waals surface area contributed by atoms with E-state index in [1.807, 2.05) is 0 Å². The number of benzene rings is 2. The molecule has 0 atom stereocenters. The molecule has 0 saturated heterocycles. The van der Waals surface area contributed by atoms with E-state index >= 15 is 0 Å². The second-order valence-electron chi connectivity index (χ2n) is 8.76. The third-order valence-corrected chi connectivity index (χ3v) is 5.81. The third kappa shape index (κ3) is 13.4. The zero-order chi connectivity index (χ0) is 21.8. The summed E-state index contributed by atoms with van der Waals surface area (Å²) in [5.41, 5.74) is 2.78. The van der Waals surface area contributed by atoms with Crippen molar-refractivity contribution < 1.29 is 9.47 Å². The molecule has 0 spiro atoms. The van der Waals surface area contributed by atoms with Gasteiger partial charge in [0, 0.05) is 19.8 Å². The summed E-state index contributed by atoms with van der Waals surface area (Å²) in [6, 6.07) is 21.5. The van der Waals surface area contributed by atoms with Gasteiger partial charge in [-0.05, 0) is 42.7 Å². The summed E-state index contributed by atoms with van der Waals surface area (Å²) >= 11 is 0. The van der Waals surface area contributed by atoms with Gasteiger partial charge in [0.1, 0.15) is 0 Å². The highest BCUT2D eigenvalue weighted by Crippen LogP contribution is 2.16. The Morgan fingerprint density at radius 1 is 0.548 bits per heavy atom. The second kappa shape index (κ2) is 18.0. The third-order valence-electron chi connectivity index (χ3n) is 5.81. The van der Waals surface area contributed by atoms with Gasteiger partial charge in [-0.25, -0.2) is 0 Å². The van der Waals surface area contributed by atoms with Gasteiger partial charge in [-0.3, -0.25) is 0 Å². The number of rotatable bonds is 19. The Morgan fingerprint density at radius 3 is 1.61 bits per heavy atom. The number of hydrogen-bond donors (Lipinski definition) is 0. The molecule has 31 heavy (non-hydrogen) atoms. The molecule has 2 rings (SSSR count). The zero-order valence-corrected chi connectivity index (χ0v) is 19.8. The Kier molecular flexibility index (Phi) is 14.9. The van der Waals surface area contributed by atoms with Crippen molar-refractivity contribution in [2.75, 3.05) is 26.4 Å². The molecular formula is C29H44O2. The molecule has 2 aromatic rings. The van der Waals surface area contributed by atoms with Crippen LogP contribution in [-0.4, -0.2) is 26.4 Å². The van der Waals surface area contributed by atoms with E-state index in [9.17, 15) is 0 Å². The molecule has 0 radical (unpaired) electrons. The molecule has 2 heteroatoms. The molecular weight excluding hydrogens is 380 g/mol. The topological polar surface area (TPSA) is 18.5 Å². The molecule has 172 valence electrons. The number of unbranched alkanes of at least 4 members (excludes halogenated alkanes) is 7. The van der Waals surface area contributed by atoms with Crippen molar-refractivity contribution in [3.63, 3.8) is 0 Å². The smallest absolute Gasteiger partial charge is 0.0500 e. The minimum Gasteiger partial charge on any atom is -0.381 e. The van der Waals surface area contributed by atoms with Crippen LogP contribution in [0.15, 0.2) is 60.7 Å². The van der Waals surface area contributed by atoms with Crippen LogP contribution in [-0.2, 0) is 22.3 Å². The van der Waals surface area contributed by atoms with Gasteiger partial charge in [-0.15, -0.1) is 0 Å². The van der Waals surface area contributed by atoms with Crippen molar-refractivity contribution in [2.45, 2.75) is 77.6 Å². The summed E-state index contributed by atoms with van der Waals surface area (Å²) < 4.78 is 11.8. The maximum absolute atomic E-state index is 6.05. The highest BCUT2D eigenvalue weighted by Gasteiger charge is 2.11. The lowest BCUT2D eigenvalue weighted by Gasteiger charge is -2.18. The van der Waals surface area contributed by atoms with Crippen LogP contribution in [0, 0.1) is 5.92 Å². The first-order valence-corrected chi connectivity index (χ1v) is 12.6. The molecule has 0 aromatic heterocycles. The van der Waals surface area contributed by atoms with Crippen molar-refractivity contribution >= 4 is 0 Å². The predicted octanol–water partition coefficient (Wildman–Crippen LogP) is 7.65. The predicted molar refractivity (Wildman–Crippen MR) is 133 cm³/mol. The molecule has 0 aliphatic rings. The second-order valence-corrected chi connectivity index (χ2v) is 8.76. The normalized spacial score (nSPS) is 11.3. The van der Waals surface area contributed by atoms with E-state index in [1.54, 1.807) is 0 Å². The first-order chi connectivity index (χ1) is 15.4. The van der Waals surface area contributed by atoms with Crippen molar-refractivity contribution in [2.24, 2.45) is 5.92 Å². The lowest BCUT2D eigenvalue weighted by molar-refractivity contribution is 0.0649. The molecule has 0 unspecified atom stereocenters. The average molecular weight is 425 g/mol. The summed E-state index contributed by atoms with van der Waals surface area (Å²) in [5, 5.41) is 0. The monoisotopic (exact) mass is 424 g/mol.